The third kappa shape index (κ3) is 2.69. The van der Waals surface area contributed by atoms with Gasteiger partial charge in [-0.2, -0.15) is 0 Å². The zero-order chi connectivity index (χ0) is 13.0. The van der Waals surface area contributed by atoms with Crippen molar-refractivity contribution in [2.24, 2.45) is 0 Å². The minimum atomic E-state index is -0.594. The Balaban J connectivity index is 2.14. The number of hydrogen-bond donors (Lipinski definition) is 0. The number of carbonyl (C=O) groups is 2. The molecule has 0 fully saturated rings. The quantitative estimate of drug-likeness (QED) is 0.609. The highest BCUT2D eigenvalue weighted by atomic mass is 19.1. The first-order valence-electron chi connectivity index (χ1n) is 5.54. The van der Waals surface area contributed by atoms with E-state index in [-0.39, 0.29) is 17.8 Å². The molecule has 2 nitrogen and oxygen atoms in total. The van der Waals surface area contributed by atoms with Crippen molar-refractivity contribution < 1.29 is 14.0 Å². The molecule has 0 amide bonds. The molecule has 0 atom stereocenters. The molecule has 2 rings (SSSR count). The van der Waals surface area contributed by atoms with Crippen molar-refractivity contribution in [3.05, 3.63) is 71.5 Å². The Morgan fingerprint density at radius 3 is 2.11 bits per heavy atom. The SMILES string of the molecule is O=C(CC(=O)c1ccccc1F)c1ccccc1. The van der Waals surface area contributed by atoms with Gasteiger partial charge in [0.2, 0.25) is 0 Å². The average Bonchev–Trinajstić information content (AvgIpc) is 2.40. The summed E-state index contributed by atoms with van der Waals surface area (Å²) in [5.74, 6) is -1.39. The van der Waals surface area contributed by atoms with E-state index in [4.69, 9.17) is 0 Å². The Morgan fingerprint density at radius 1 is 0.833 bits per heavy atom. The highest BCUT2D eigenvalue weighted by molar-refractivity contribution is 6.13. The molecule has 18 heavy (non-hydrogen) atoms. The topological polar surface area (TPSA) is 34.1 Å². The summed E-state index contributed by atoms with van der Waals surface area (Å²) in [5.41, 5.74) is 0.420. The van der Waals surface area contributed by atoms with Crippen LogP contribution in [0.5, 0.6) is 0 Å². The van der Waals surface area contributed by atoms with Crippen LogP contribution < -0.4 is 0 Å². The third-order valence-corrected chi connectivity index (χ3v) is 2.59. The molecular formula is C15H11FO2. The summed E-state index contributed by atoms with van der Waals surface area (Å²) in [4.78, 5) is 23.6. The predicted molar refractivity (Wildman–Crippen MR) is 66.1 cm³/mol. The van der Waals surface area contributed by atoms with E-state index in [0.717, 1.165) is 0 Å². The normalized spacial score (nSPS) is 10.1. The molecule has 0 heterocycles. The maximum Gasteiger partial charge on any atom is 0.173 e. The monoisotopic (exact) mass is 242 g/mol. The Bertz CT molecular complexity index is 576. The van der Waals surface area contributed by atoms with Crippen LogP contribution in [0.2, 0.25) is 0 Å². The molecule has 2 aromatic carbocycles. The number of benzene rings is 2. The van der Waals surface area contributed by atoms with Crippen molar-refractivity contribution >= 4 is 11.6 Å². The van der Waals surface area contributed by atoms with Crippen LogP contribution in [0.3, 0.4) is 0 Å². The molecule has 0 bridgehead atoms. The summed E-state index contributed by atoms with van der Waals surface area (Å²) in [6.07, 6.45) is -0.315. The first kappa shape index (κ1) is 12.2. The van der Waals surface area contributed by atoms with Gasteiger partial charge in [-0.15, -0.1) is 0 Å². The number of ketones is 2. The molecule has 90 valence electrons. The molecule has 2 aromatic rings. The van der Waals surface area contributed by atoms with Crippen LogP contribution in [0.15, 0.2) is 54.6 Å². The van der Waals surface area contributed by atoms with Crippen LogP contribution in [0.25, 0.3) is 0 Å². The van der Waals surface area contributed by atoms with Crippen molar-refractivity contribution in [3.8, 4) is 0 Å². The van der Waals surface area contributed by atoms with Gasteiger partial charge in [0, 0.05) is 5.56 Å². The lowest BCUT2D eigenvalue weighted by Gasteiger charge is -2.02. The van der Waals surface area contributed by atoms with Gasteiger partial charge in [-0.1, -0.05) is 42.5 Å². The van der Waals surface area contributed by atoms with Crippen molar-refractivity contribution in [3.63, 3.8) is 0 Å². The van der Waals surface area contributed by atoms with E-state index >= 15 is 0 Å². The van der Waals surface area contributed by atoms with E-state index in [1.54, 1.807) is 36.4 Å². The molecule has 0 aromatic heterocycles. The zero-order valence-electron chi connectivity index (χ0n) is 9.60. The summed E-state index contributed by atoms with van der Waals surface area (Å²) in [6.45, 7) is 0. The van der Waals surface area contributed by atoms with Gasteiger partial charge < -0.3 is 0 Å². The fourth-order valence-electron chi connectivity index (χ4n) is 1.65. The van der Waals surface area contributed by atoms with Crippen molar-refractivity contribution in [1.82, 2.24) is 0 Å². The van der Waals surface area contributed by atoms with Gasteiger partial charge in [-0.25, -0.2) is 4.39 Å². The van der Waals surface area contributed by atoms with Crippen molar-refractivity contribution in [2.75, 3.05) is 0 Å². The van der Waals surface area contributed by atoms with Crippen LogP contribution in [-0.4, -0.2) is 11.6 Å². The van der Waals surface area contributed by atoms with Crippen molar-refractivity contribution in [1.29, 1.82) is 0 Å². The largest absolute Gasteiger partial charge is 0.294 e. The number of carbonyl (C=O) groups excluding carboxylic acids is 2. The molecule has 0 aliphatic carbocycles. The van der Waals surface area contributed by atoms with Gasteiger partial charge in [0.1, 0.15) is 5.82 Å². The van der Waals surface area contributed by atoms with Crippen LogP contribution in [0.4, 0.5) is 4.39 Å². The average molecular weight is 242 g/mol. The van der Waals surface area contributed by atoms with E-state index < -0.39 is 11.6 Å². The maximum atomic E-state index is 13.4. The van der Waals surface area contributed by atoms with E-state index in [1.807, 2.05) is 0 Å². The first-order chi connectivity index (χ1) is 8.68. The van der Waals surface area contributed by atoms with Crippen molar-refractivity contribution in [2.45, 2.75) is 6.42 Å². The van der Waals surface area contributed by atoms with Gasteiger partial charge >= 0.3 is 0 Å². The molecule has 0 unspecified atom stereocenters. The van der Waals surface area contributed by atoms with Gasteiger partial charge in [-0.05, 0) is 12.1 Å². The lowest BCUT2D eigenvalue weighted by molar-refractivity contribution is 0.0892. The van der Waals surface area contributed by atoms with Gasteiger partial charge in [-0.3, -0.25) is 9.59 Å². The fourth-order valence-corrected chi connectivity index (χ4v) is 1.65. The lowest BCUT2D eigenvalue weighted by Crippen LogP contribution is -2.10. The fraction of sp³-hybridized carbons (Fsp3) is 0.0667. The van der Waals surface area contributed by atoms with Crippen LogP contribution in [0, 0.1) is 5.82 Å². The molecule has 0 N–H and O–H groups in total. The standard InChI is InChI=1S/C15H11FO2/c16-13-9-5-4-8-12(13)15(18)10-14(17)11-6-2-1-3-7-11/h1-9H,10H2. The molecule has 0 saturated carbocycles. The van der Waals surface area contributed by atoms with Crippen LogP contribution >= 0.6 is 0 Å². The molecule has 3 heteroatoms. The second-order valence-corrected chi connectivity index (χ2v) is 3.87. The smallest absolute Gasteiger partial charge is 0.173 e. The van der Waals surface area contributed by atoms with Crippen LogP contribution in [0.1, 0.15) is 27.1 Å². The molecule has 0 aliphatic heterocycles. The second-order valence-electron chi connectivity index (χ2n) is 3.87. The maximum absolute atomic E-state index is 13.4. The Morgan fingerprint density at radius 2 is 1.44 bits per heavy atom. The Hall–Kier alpha value is -2.29. The molecule has 0 radical (unpaired) electrons. The first-order valence-corrected chi connectivity index (χ1v) is 5.54. The Kier molecular flexibility index (Phi) is 3.63. The van der Waals surface area contributed by atoms with Gasteiger partial charge in [0.25, 0.3) is 0 Å². The second kappa shape index (κ2) is 5.36. The molecule has 0 saturated heterocycles. The van der Waals surface area contributed by atoms with Crippen LogP contribution in [-0.2, 0) is 0 Å². The number of Topliss-reactive ketones (excluding diaryl/α,β-unsaturated/α-hetero) is 2. The predicted octanol–water partition coefficient (Wildman–Crippen LogP) is 3.28. The Labute approximate surface area is 104 Å². The highest BCUT2D eigenvalue weighted by Crippen LogP contribution is 2.12. The number of hydrogen-bond acceptors (Lipinski definition) is 2. The number of halogens is 1. The zero-order valence-corrected chi connectivity index (χ0v) is 9.60. The summed E-state index contributed by atoms with van der Waals surface area (Å²) in [6, 6.07) is 14.2. The summed E-state index contributed by atoms with van der Waals surface area (Å²) >= 11 is 0. The van der Waals surface area contributed by atoms with Gasteiger partial charge in [0.05, 0.1) is 12.0 Å². The molecule has 0 spiro atoms. The summed E-state index contributed by atoms with van der Waals surface area (Å²) in [5, 5.41) is 0. The van der Waals surface area contributed by atoms with E-state index in [2.05, 4.69) is 0 Å². The molecular weight excluding hydrogens is 231 g/mol. The minimum Gasteiger partial charge on any atom is -0.294 e. The summed E-state index contributed by atoms with van der Waals surface area (Å²) in [7, 11) is 0. The van der Waals surface area contributed by atoms with E-state index in [1.165, 1.54) is 18.2 Å². The molecule has 0 aliphatic rings. The highest BCUT2D eigenvalue weighted by Gasteiger charge is 2.16. The minimum absolute atomic E-state index is 0.0400. The lowest BCUT2D eigenvalue weighted by atomic mass is 10.0. The summed E-state index contributed by atoms with van der Waals surface area (Å²) < 4.78 is 13.4. The van der Waals surface area contributed by atoms with E-state index in [0.29, 0.717) is 5.56 Å². The van der Waals surface area contributed by atoms with Gasteiger partial charge in [0.15, 0.2) is 11.6 Å². The number of rotatable bonds is 4. The van der Waals surface area contributed by atoms with E-state index in [9.17, 15) is 14.0 Å². The third-order valence-electron chi connectivity index (χ3n) is 2.59.